The number of rotatable bonds is 17. The van der Waals surface area contributed by atoms with E-state index >= 15 is 0 Å². The van der Waals surface area contributed by atoms with Crippen LogP contribution in [0.2, 0.25) is 0 Å². The molecular weight excluding hydrogens is 582 g/mol. The minimum atomic E-state index is -1.52. The summed E-state index contributed by atoms with van der Waals surface area (Å²) in [4.78, 5) is 70.7. The summed E-state index contributed by atoms with van der Waals surface area (Å²) in [6.45, 7) is 0.258. The summed E-state index contributed by atoms with van der Waals surface area (Å²) in [5.41, 5.74) is 24.2. The molecule has 0 aliphatic rings. The van der Waals surface area contributed by atoms with Gasteiger partial charge >= 0.3 is 5.97 Å². The third-order valence-electron chi connectivity index (χ3n) is 6.97. The van der Waals surface area contributed by atoms with Crippen molar-refractivity contribution in [1.82, 2.24) is 20.9 Å². The minimum absolute atomic E-state index is 0.00102. The lowest BCUT2D eigenvalue weighted by molar-refractivity contribution is -0.142. The van der Waals surface area contributed by atoms with E-state index in [2.05, 4.69) is 25.9 Å². The Morgan fingerprint density at radius 3 is 2.09 bits per heavy atom. The Balaban J connectivity index is 1.80. The van der Waals surface area contributed by atoms with E-state index in [-0.39, 0.29) is 31.8 Å². The molecule has 0 fully saturated rings. The predicted molar refractivity (Wildman–Crippen MR) is 167 cm³/mol. The van der Waals surface area contributed by atoms with Crippen LogP contribution in [0.25, 0.3) is 10.9 Å². The molecule has 1 heterocycles. The Hall–Kier alpha value is -5.44. The van der Waals surface area contributed by atoms with Crippen molar-refractivity contribution in [2.75, 3.05) is 6.54 Å². The van der Waals surface area contributed by atoms with Gasteiger partial charge in [-0.25, -0.2) is 4.79 Å². The third kappa shape index (κ3) is 10.7. The number of nitrogens with one attached hydrogen (secondary N) is 4. The summed E-state index contributed by atoms with van der Waals surface area (Å²) < 4.78 is 0. The number of nitrogens with two attached hydrogens (primary N) is 4. The normalized spacial score (nSPS) is 13.5. The number of carboxylic acid groups (broad SMARTS) is 1. The topological polar surface area (TPSA) is 274 Å². The Bertz CT molecular complexity index is 1520. The van der Waals surface area contributed by atoms with Crippen LogP contribution >= 0.6 is 0 Å². The number of carbonyl (C=O) groups is 5. The number of aliphatic imine (C=N–C) groups is 1. The number of aliphatic carboxylic acids is 1. The zero-order chi connectivity index (χ0) is 32.9. The quantitative estimate of drug-likeness (QED) is 0.0494. The minimum Gasteiger partial charge on any atom is -0.480 e. The van der Waals surface area contributed by atoms with Gasteiger partial charge in [0, 0.05) is 36.5 Å². The number of amides is 4. The molecule has 0 saturated carbocycles. The van der Waals surface area contributed by atoms with Gasteiger partial charge in [0.2, 0.25) is 23.6 Å². The summed E-state index contributed by atoms with van der Waals surface area (Å²) in [5, 5.41) is 18.0. The number of para-hydroxylation sites is 1. The lowest BCUT2D eigenvalue weighted by atomic mass is 10.0. The van der Waals surface area contributed by atoms with Crippen LogP contribution in [0.15, 0.2) is 65.8 Å². The van der Waals surface area contributed by atoms with Crippen molar-refractivity contribution in [3.05, 3.63) is 71.9 Å². The van der Waals surface area contributed by atoms with Crippen molar-refractivity contribution in [3.63, 3.8) is 0 Å². The second-order valence-corrected chi connectivity index (χ2v) is 10.5. The molecule has 13 N–H and O–H groups in total. The Kier molecular flexibility index (Phi) is 12.4. The summed E-state index contributed by atoms with van der Waals surface area (Å²) in [5.74, 6) is -4.69. The smallest absolute Gasteiger partial charge is 0.326 e. The molecule has 4 unspecified atom stereocenters. The van der Waals surface area contributed by atoms with Gasteiger partial charge in [-0.05, 0) is 30.0 Å². The summed E-state index contributed by atoms with van der Waals surface area (Å²) in [6.07, 6.45) is 1.65. The zero-order valence-electron chi connectivity index (χ0n) is 24.6. The fourth-order valence-corrected chi connectivity index (χ4v) is 4.66. The first-order valence-electron chi connectivity index (χ1n) is 14.3. The van der Waals surface area contributed by atoms with Crippen molar-refractivity contribution >= 4 is 46.5 Å². The van der Waals surface area contributed by atoms with Crippen molar-refractivity contribution in [2.24, 2.45) is 27.9 Å². The monoisotopic (exact) mass is 621 g/mol. The van der Waals surface area contributed by atoms with Crippen LogP contribution in [0, 0.1) is 0 Å². The van der Waals surface area contributed by atoms with Crippen LogP contribution in [-0.2, 0) is 36.8 Å². The van der Waals surface area contributed by atoms with Crippen LogP contribution < -0.4 is 38.9 Å². The molecule has 240 valence electrons. The number of fused-ring (bicyclic) bond motifs is 1. The highest BCUT2D eigenvalue weighted by Crippen LogP contribution is 2.19. The molecule has 2 aromatic carbocycles. The van der Waals surface area contributed by atoms with E-state index in [1.165, 1.54) is 0 Å². The Morgan fingerprint density at radius 2 is 1.42 bits per heavy atom. The maximum Gasteiger partial charge on any atom is 0.326 e. The van der Waals surface area contributed by atoms with Crippen molar-refractivity contribution in [3.8, 4) is 0 Å². The van der Waals surface area contributed by atoms with E-state index in [1.54, 1.807) is 36.5 Å². The molecule has 0 spiro atoms. The van der Waals surface area contributed by atoms with Crippen molar-refractivity contribution in [2.45, 2.75) is 56.3 Å². The average molecular weight is 622 g/mol. The van der Waals surface area contributed by atoms with E-state index in [0.29, 0.717) is 17.5 Å². The number of carbonyl (C=O) groups excluding carboxylic acids is 4. The van der Waals surface area contributed by atoms with E-state index in [9.17, 15) is 29.1 Å². The molecule has 3 rings (SSSR count). The molecule has 0 aliphatic heterocycles. The van der Waals surface area contributed by atoms with Crippen LogP contribution in [0.5, 0.6) is 0 Å². The van der Waals surface area contributed by atoms with Gasteiger partial charge in [-0.1, -0.05) is 48.5 Å². The van der Waals surface area contributed by atoms with Crippen molar-refractivity contribution in [1.29, 1.82) is 0 Å². The van der Waals surface area contributed by atoms with Crippen molar-refractivity contribution < 1.29 is 29.1 Å². The molecule has 1 aromatic heterocycles. The van der Waals surface area contributed by atoms with Crippen LogP contribution in [0.4, 0.5) is 0 Å². The first-order chi connectivity index (χ1) is 21.4. The Morgan fingerprint density at radius 1 is 0.800 bits per heavy atom. The van der Waals surface area contributed by atoms with Gasteiger partial charge in [0.1, 0.15) is 18.1 Å². The van der Waals surface area contributed by atoms with Gasteiger partial charge in [-0.2, -0.15) is 0 Å². The number of guanidine groups is 1. The lowest BCUT2D eigenvalue weighted by Crippen LogP contribution is -2.58. The molecule has 0 bridgehead atoms. The molecule has 4 amide bonds. The van der Waals surface area contributed by atoms with Gasteiger partial charge in [0.25, 0.3) is 0 Å². The maximum atomic E-state index is 13.6. The van der Waals surface area contributed by atoms with Gasteiger partial charge < -0.3 is 49.0 Å². The first-order valence-corrected chi connectivity index (χ1v) is 14.3. The molecule has 0 radical (unpaired) electrons. The number of H-pyrrole nitrogens is 1. The largest absolute Gasteiger partial charge is 0.480 e. The van der Waals surface area contributed by atoms with E-state index in [0.717, 1.165) is 10.9 Å². The highest BCUT2D eigenvalue weighted by molar-refractivity contribution is 5.96. The number of carboxylic acids is 1. The van der Waals surface area contributed by atoms with E-state index in [1.807, 2.05) is 24.3 Å². The molecule has 15 heteroatoms. The van der Waals surface area contributed by atoms with E-state index in [4.69, 9.17) is 22.9 Å². The average Bonchev–Trinajstić information content (AvgIpc) is 3.40. The number of benzene rings is 2. The predicted octanol–water partition coefficient (Wildman–Crippen LogP) is -1.25. The second-order valence-electron chi connectivity index (χ2n) is 10.5. The highest BCUT2D eigenvalue weighted by atomic mass is 16.4. The van der Waals surface area contributed by atoms with Crippen LogP contribution in [-0.4, -0.2) is 76.4 Å². The molecular formula is C30H39N9O6. The number of hydrogen-bond acceptors (Lipinski definition) is 7. The maximum absolute atomic E-state index is 13.6. The van der Waals surface area contributed by atoms with Crippen LogP contribution in [0.3, 0.4) is 0 Å². The zero-order valence-corrected chi connectivity index (χ0v) is 24.6. The fourth-order valence-electron chi connectivity index (χ4n) is 4.66. The molecule has 45 heavy (non-hydrogen) atoms. The fraction of sp³-hybridized carbons (Fsp3) is 0.333. The number of aromatic amines is 1. The molecule has 0 aliphatic carbocycles. The molecule has 3 aromatic rings. The summed E-state index contributed by atoms with van der Waals surface area (Å²) >= 11 is 0. The second kappa shape index (κ2) is 16.4. The van der Waals surface area contributed by atoms with E-state index < -0.39 is 60.2 Å². The Labute approximate surface area is 259 Å². The summed E-state index contributed by atoms with van der Waals surface area (Å²) in [6, 6.07) is 10.9. The molecule has 0 saturated heterocycles. The summed E-state index contributed by atoms with van der Waals surface area (Å²) in [7, 11) is 0. The van der Waals surface area contributed by atoms with Crippen LogP contribution in [0.1, 0.15) is 30.4 Å². The SMILES string of the molecule is NC(=O)CC(NC(=O)C(Cc1c[nH]c2ccccc12)NC(=O)C(N)CCCN=C(N)N)C(=O)NC(Cc1ccccc1)C(=O)O. The number of hydrogen-bond donors (Lipinski definition) is 9. The number of aromatic nitrogens is 1. The lowest BCUT2D eigenvalue weighted by Gasteiger charge is -2.25. The van der Waals surface area contributed by atoms with Gasteiger partial charge in [-0.3, -0.25) is 24.2 Å². The van der Waals surface area contributed by atoms with Gasteiger partial charge in [0.05, 0.1) is 12.5 Å². The number of nitrogens with zero attached hydrogens (tertiary/aromatic N) is 1. The standard InChI is InChI=1S/C30H39N9O6/c31-20(10-6-12-35-30(33)34)26(41)37-22(14-18-16-36-21-11-5-4-9-19(18)21)27(42)38-23(15-25(32)40)28(43)39-24(29(44)45)13-17-7-2-1-3-8-17/h1-5,7-9,11,16,20,22-24,36H,6,10,12-15,31H2,(H2,32,40)(H,37,41)(H,38,42)(H,39,43)(H,44,45)(H4,33,34,35). The van der Waals surface area contributed by atoms with Gasteiger partial charge in [-0.15, -0.1) is 0 Å². The molecule has 15 nitrogen and oxygen atoms in total. The van der Waals surface area contributed by atoms with Gasteiger partial charge in [0.15, 0.2) is 5.96 Å². The number of primary amides is 1. The molecule has 4 atom stereocenters. The highest BCUT2D eigenvalue weighted by Gasteiger charge is 2.32. The first kappa shape index (κ1) is 34.1. The third-order valence-corrected chi connectivity index (χ3v) is 6.97.